The van der Waals surface area contributed by atoms with Crippen molar-refractivity contribution in [3.05, 3.63) is 0 Å². The van der Waals surface area contributed by atoms with E-state index in [-0.39, 0.29) is 0 Å². The molecule has 0 aliphatic carbocycles. The molecule has 0 rings (SSSR count). The first-order valence-corrected chi connectivity index (χ1v) is 14.0. The zero-order valence-corrected chi connectivity index (χ0v) is 13.6. The first-order valence-electron chi connectivity index (χ1n) is 2.68. The molecule has 0 aliphatic rings. The zero-order chi connectivity index (χ0) is 12.3. The molecule has 0 bridgehead atoms. The van der Waals surface area contributed by atoms with Gasteiger partial charge in [-0.3, -0.25) is 0 Å². The quantitative estimate of drug-likeness (QED) is 0.471. The fourth-order valence-electron chi connectivity index (χ4n) is 0.212. The Bertz CT molecular complexity index is 334. The average Bonchev–Trinajstić information content (AvgIpc) is 1.96. The Balaban J connectivity index is 4.75. The van der Waals surface area contributed by atoms with Crippen LogP contribution in [-0.4, -0.2) is 8.42 Å². The summed E-state index contributed by atoms with van der Waals surface area (Å²) in [6.07, 6.45) is 0. The normalized spacial score (nSPS) is 17.5. The van der Waals surface area contributed by atoms with Gasteiger partial charge in [-0.2, -0.15) is 0 Å². The third-order valence-electron chi connectivity index (χ3n) is 0.515. The second-order valence-corrected chi connectivity index (χ2v) is 18.6. The molecule has 0 fully saturated rings. The van der Waals surface area contributed by atoms with Crippen LogP contribution >= 0.6 is 78.4 Å². The van der Waals surface area contributed by atoms with Crippen molar-refractivity contribution in [2.45, 2.75) is 0 Å². The molecule has 0 spiro atoms. The van der Waals surface area contributed by atoms with Crippen molar-refractivity contribution in [1.29, 1.82) is 0 Å². The minimum absolute atomic E-state index is 2.68. The van der Waals surface area contributed by atoms with Gasteiger partial charge in [0, 0.05) is 0 Å². The molecule has 0 saturated heterocycles. The minimum atomic E-state index is -4.37. The first kappa shape index (κ1) is 16.8. The monoisotopic (exact) mass is 394 g/mol. The van der Waals surface area contributed by atoms with E-state index >= 15 is 0 Å². The summed E-state index contributed by atoms with van der Waals surface area (Å²) in [4.78, 5) is 5.87. The average molecular weight is 397 g/mol. The van der Waals surface area contributed by atoms with Crippen LogP contribution < -0.4 is 0 Å². The molecule has 15 heteroatoms. The molecular weight excluding hydrogens is 395 g/mol. The molecule has 0 unspecified atom stereocenters. The molecule has 15 heavy (non-hydrogen) atoms. The van der Waals surface area contributed by atoms with Crippen molar-refractivity contribution < 1.29 is 8.42 Å². The number of halogens is 6. The van der Waals surface area contributed by atoms with Gasteiger partial charge in [0.1, 0.15) is 0 Å². The molecule has 0 N–H and O–H groups in total. The van der Waals surface area contributed by atoms with Gasteiger partial charge in [-0.15, -0.1) is 0 Å². The van der Waals surface area contributed by atoms with Gasteiger partial charge in [0.25, 0.3) is 0 Å². The zero-order valence-electron chi connectivity index (χ0n) is 6.28. The van der Waals surface area contributed by atoms with E-state index in [1.54, 1.807) is 0 Å². The van der Waals surface area contributed by atoms with Crippen molar-refractivity contribution in [2.24, 2.45) is 18.8 Å². The van der Waals surface area contributed by atoms with E-state index in [1.807, 2.05) is 0 Å². The van der Waals surface area contributed by atoms with E-state index in [0.29, 0.717) is 0 Å². The number of hydrogen-bond donors (Lipinski definition) is 0. The van der Waals surface area contributed by atoms with Crippen molar-refractivity contribution in [3.8, 4) is 0 Å². The van der Waals surface area contributed by atoms with Crippen LogP contribution in [0.25, 0.3) is 0 Å². The van der Waals surface area contributed by atoms with Gasteiger partial charge in [0.05, 0.1) is 0 Å². The summed E-state index contributed by atoms with van der Waals surface area (Å²) in [7, 11) is -4.37. The third-order valence-corrected chi connectivity index (χ3v) is 3.39. The van der Waals surface area contributed by atoms with Gasteiger partial charge in [-0.1, -0.05) is 0 Å². The molecule has 0 aromatic heterocycles. The first-order chi connectivity index (χ1) is 6.41. The predicted octanol–water partition coefficient (Wildman–Crippen LogP) is 5.39. The van der Waals surface area contributed by atoms with Crippen LogP contribution in [0.15, 0.2) is 18.8 Å². The van der Waals surface area contributed by atoms with E-state index in [1.165, 1.54) is 0 Å². The molecule has 0 atom stereocenters. The fraction of sp³-hybridized carbons (Fsp3) is 0. The molecule has 92 valence electrons. The maximum atomic E-state index is 10.9. The number of nitrogens with zero attached hydrogens (tertiary/aromatic N) is 4. The number of hydrogen-bond acceptors (Lipinski definition) is 4. The SMILES string of the molecule is O=S(=O)(N=N[PH](Cl)(Cl)Cl)N=N[PH](Cl)(Cl)Cl. The van der Waals surface area contributed by atoms with Crippen LogP contribution in [0, 0.1) is 0 Å². The summed E-state index contributed by atoms with van der Waals surface area (Å²) >= 11 is 31.4. The third kappa shape index (κ3) is 12.0. The Kier molecular flexibility index (Phi) is 6.78. The van der Waals surface area contributed by atoms with Crippen molar-refractivity contribution in [3.63, 3.8) is 0 Å². The van der Waals surface area contributed by atoms with Crippen LogP contribution in [0.2, 0.25) is 0 Å². The Morgan fingerprint density at radius 1 is 0.733 bits per heavy atom. The summed E-state index contributed by atoms with van der Waals surface area (Å²) < 4.78 is 27.2. The number of rotatable bonds is 4. The Labute approximate surface area is 115 Å². The second-order valence-electron chi connectivity index (χ2n) is 1.75. The van der Waals surface area contributed by atoms with Crippen molar-refractivity contribution in [1.82, 2.24) is 0 Å². The van der Waals surface area contributed by atoms with Gasteiger partial charge >= 0.3 is 116 Å². The van der Waals surface area contributed by atoms with Gasteiger partial charge in [0.2, 0.25) is 0 Å². The summed E-state index contributed by atoms with van der Waals surface area (Å²) in [5, 5.41) is 0. The van der Waals surface area contributed by atoms with E-state index in [4.69, 9.17) is 67.4 Å². The van der Waals surface area contributed by atoms with E-state index < -0.39 is 21.2 Å². The summed E-state index contributed by atoms with van der Waals surface area (Å²) in [5.74, 6) is 0. The molecule has 0 saturated carbocycles. The molecule has 0 aliphatic heterocycles. The molecule has 0 aromatic carbocycles. The van der Waals surface area contributed by atoms with Gasteiger partial charge < -0.3 is 0 Å². The standard InChI is InChI=1S/Cl6H2N4O2P2S/c1-13(2,3)7-9-15(11,12)10-8-14(4,5)6/h13-14H. The second kappa shape index (κ2) is 6.07. The molecular formula is H2Cl6N4O2P2S. The molecule has 0 amide bonds. The van der Waals surface area contributed by atoms with Crippen LogP contribution in [0.1, 0.15) is 0 Å². The van der Waals surface area contributed by atoms with E-state index in [0.717, 1.165) is 0 Å². The fourth-order valence-corrected chi connectivity index (χ4v) is 3.48. The van der Waals surface area contributed by atoms with E-state index in [2.05, 4.69) is 18.8 Å². The van der Waals surface area contributed by atoms with Crippen LogP contribution in [0.5, 0.6) is 0 Å². The summed E-state index contributed by atoms with van der Waals surface area (Å²) in [5.41, 5.74) is -7.07. The summed E-state index contributed by atoms with van der Waals surface area (Å²) in [6.45, 7) is 0. The molecule has 0 radical (unpaired) electrons. The molecule has 6 nitrogen and oxygen atoms in total. The Morgan fingerprint density at radius 2 is 1.00 bits per heavy atom. The Morgan fingerprint density at radius 3 is 1.20 bits per heavy atom. The molecule has 0 aromatic rings. The topological polar surface area (TPSA) is 83.6 Å². The summed E-state index contributed by atoms with van der Waals surface area (Å²) in [6, 6.07) is 0. The van der Waals surface area contributed by atoms with Gasteiger partial charge in [-0.25, -0.2) is 0 Å². The van der Waals surface area contributed by atoms with Gasteiger partial charge in [-0.05, 0) is 0 Å². The molecule has 0 heterocycles. The Hall–Kier alpha value is 1.75. The van der Waals surface area contributed by atoms with Gasteiger partial charge in [0.15, 0.2) is 0 Å². The predicted molar refractivity (Wildman–Crippen MR) is 70.4 cm³/mol. The maximum absolute atomic E-state index is 10.9. The van der Waals surface area contributed by atoms with E-state index in [9.17, 15) is 8.42 Å². The van der Waals surface area contributed by atoms with Crippen molar-refractivity contribution in [2.75, 3.05) is 0 Å². The van der Waals surface area contributed by atoms with Crippen LogP contribution in [0.3, 0.4) is 0 Å². The van der Waals surface area contributed by atoms with Crippen LogP contribution in [-0.2, 0) is 10.2 Å². The van der Waals surface area contributed by atoms with Crippen molar-refractivity contribution >= 4 is 88.6 Å². The van der Waals surface area contributed by atoms with Crippen LogP contribution in [0.4, 0.5) is 0 Å².